The SMILES string of the molecule is OCCC(O)C(O)c1csc2ccccc12. The van der Waals surface area contributed by atoms with Crippen molar-refractivity contribution < 1.29 is 15.3 Å². The zero-order chi connectivity index (χ0) is 11.5. The van der Waals surface area contributed by atoms with Gasteiger partial charge >= 0.3 is 0 Å². The average Bonchev–Trinajstić information content (AvgIpc) is 2.72. The summed E-state index contributed by atoms with van der Waals surface area (Å²) in [4.78, 5) is 0. The Bertz CT molecular complexity index is 466. The molecule has 0 spiro atoms. The lowest BCUT2D eigenvalue weighted by Crippen LogP contribution is -2.19. The van der Waals surface area contributed by atoms with Gasteiger partial charge in [-0.15, -0.1) is 11.3 Å². The predicted molar refractivity (Wildman–Crippen MR) is 64.5 cm³/mol. The van der Waals surface area contributed by atoms with Crippen molar-refractivity contribution in [3.05, 3.63) is 35.2 Å². The lowest BCUT2D eigenvalue weighted by atomic mass is 10.0. The van der Waals surface area contributed by atoms with Gasteiger partial charge < -0.3 is 15.3 Å². The fourth-order valence-electron chi connectivity index (χ4n) is 1.72. The van der Waals surface area contributed by atoms with Gasteiger partial charge in [-0.05, 0) is 23.3 Å². The van der Waals surface area contributed by atoms with Gasteiger partial charge in [-0.1, -0.05) is 18.2 Å². The summed E-state index contributed by atoms with van der Waals surface area (Å²) < 4.78 is 1.09. The molecule has 0 fully saturated rings. The number of rotatable bonds is 4. The summed E-state index contributed by atoms with van der Waals surface area (Å²) in [5, 5.41) is 31.2. The predicted octanol–water partition coefficient (Wildman–Crippen LogP) is 1.68. The van der Waals surface area contributed by atoms with Crippen LogP contribution in [0.25, 0.3) is 10.1 Å². The van der Waals surface area contributed by atoms with E-state index in [4.69, 9.17) is 5.11 Å². The molecule has 2 unspecified atom stereocenters. The molecule has 16 heavy (non-hydrogen) atoms. The summed E-state index contributed by atoms with van der Waals surface area (Å²) in [5.41, 5.74) is 0.738. The third-order valence-corrected chi connectivity index (χ3v) is 3.60. The number of aliphatic hydroxyl groups is 3. The van der Waals surface area contributed by atoms with E-state index in [1.807, 2.05) is 29.6 Å². The number of benzene rings is 1. The summed E-state index contributed by atoms with van der Waals surface area (Å²) in [5.74, 6) is 0. The van der Waals surface area contributed by atoms with Crippen LogP contribution in [0, 0.1) is 0 Å². The van der Waals surface area contributed by atoms with Crippen molar-refractivity contribution in [1.82, 2.24) is 0 Å². The van der Waals surface area contributed by atoms with Gasteiger partial charge in [0.05, 0.1) is 6.10 Å². The molecule has 86 valence electrons. The smallest absolute Gasteiger partial charge is 0.106 e. The van der Waals surface area contributed by atoms with Crippen LogP contribution in [-0.2, 0) is 0 Å². The second-order valence-electron chi connectivity index (χ2n) is 3.71. The van der Waals surface area contributed by atoms with Gasteiger partial charge in [0, 0.05) is 16.9 Å². The summed E-state index contributed by atoms with van der Waals surface area (Å²) in [6.45, 7) is -0.125. The van der Waals surface area contributed by atoms with E-state index in [0.717, 1.165) is 15.6 Å². The molecule has 0 radical (unpaired) electrons. The van der Waals surface area contributed by atoms with E-state index in [9.17, 15) is 10.2 Å². The summed E-state index contributed by atoms with van der Waals surface area (Å²) in [6, 6.07) is 7.76. The molecule has 1 aromatic carbocycles. The zero-order valence-corrected chi connectivity index (χ0v) is 9.52. The first-order valence-corrected chi connectivity index (χ1v) is 6.05. The van der Waals surface area contributed by atoms with E-state index < -0.39 is 12.2 Å². The second-order valence-corrected chi connectivity index (χ2v) is 4.62. The van der Waals surface area contributed by atoms with Crippen molar-refractivity contribution in [2.45, 2.75) is 18.6 Å². The number of aliphatic hydroxyl groups excluding tert-OH is 3. The first-order valence-electron chi connectivity index (χ1n) is 5.17. The highest BCUT2D eigenvalue weighted by Crippen LogP contribution is 2.32. The molecule has 0 amide bonds. The number of fused-ring (bicyclic) bond motifs is 1. The van der Waals surface area contributed by atoms with Gasteiger partial charge in [0.2, 0.25) is 0 Å². The molecule has 1 heterocycles. The molecule has 1 aromatic heterocycles. The Labute approximate surface area is 97.6 Å². The third kappa shape index (κ3) is 2.10. The monoisotopic (exact) mass is 238 g/mol. The van der Waals surface area contributed by atoms with Crippen molar-refractivity contribution in [3.8, 4) is 0 Å². The van der Waals surface area contributed by atoms with E-state index in [0.29, 0.717) is 0 Å². The number of hydrogen-bond acceptors (Lipinski definition) is 4. The normalized spacial score (nSPS) is 15.2. The first-order chi connectivity index (χ1) is 7.74. The molecule has 0 aliphatic rings. The van der Waals surface area contributed by atoms with E-state index in [2.05, 4.69) is 0 Å². The molecular weight excluding hydrogens is 224 g/mol. The molecule has 3 N–H and O–H groups in total. The van der Waals surface area contributed by atoms with Gasteiger partial charge in [0.25, 0.3) is 0 Å². The Morgan fingerprint density at radius 3 is 2.69 bits per heavy atom. The summed E-state index contributed by atoms with van der Waals surface area (Å²) >= 11 is 1.54. The Balaban J connectivity index is 2.32. The topological polar surface area (TPSA) is 60.7 Å². The molecule has 0 bridgehead atoms. The fourth-order valence-corrected chi connectivity index (χ4v) is 2.72. The van der Waals surface area contributed by atoms with Gasteiger partial charge in [0.1, 0.15) is 6.10 Å². The first kappa shape index (κ1) is 11.5. The van der Waals surface area contributed by atoms with Crippen LogP contribution in [0.3, 0.4) is 0 Å². The van der Waals surface area contributed by atoms with Crippen molar-refractivity contribution in [2.75, 3.05) is 6.61 Å². The molecule has 0 aliphatic carbocycles. The van der Waals surface area contributed by atoms with Crippen LogP contribution < -0.4 is 0 Å². The van der Waals surface area contributed by atoms with Crippen molar-refractivity contribution in [3.63, 3.8) is 0 Å². The maximum absolute atomic E-state index is 9.95. The van der Waals surface area contributed by atoms with Crippen LogP contribution in [-0.4, -0.2) is 28.0 Å². The quantitative estimate of drug-likeness (QED) is 0.759. The van der Waals surface area contributed by atoms with Crippen LogP contribution in [0.4, 0.5) is 0 Å². The Morgan fingerprint density at radius 1 is 1.19 bits per heavy atom. The van der Waals surface area contributed by atoms with Crippen LogP contribution in [0.2, 0.25) is 0 Å². The highest BCUT2D eigenvalue weighted by atomic mass is 32.1. The highest BCUT2D eigenvalue weighted by molar-refractivity contribution is 7.17. The van der Waals surface area contributed by atoms with Crippen LogP contribution in [0.1, 0.15) is 18.1 Å². The minimum atomic E-state index is -0.928. The highest BCUT2D eigenvalue weighted by Gasteiger charge is 2.20. The van der Waals surface area contributed by atoms with Crippen molar-refractivity contribution in [2.24, 2.45) is 0 Å². The maximum Gasteiger partial charge on any atom is 0.106 e. The Morgan fingerprint density at radius 2 is 1.94 bits per heavy atom. The van der Waals surface area contributed by atoms with Crippen molar-refractivity contribution in [1.29, 1.82) is 0 Å². The molecule has 2 atom stereocenters. The Hall–Kier alpha value is -0.940. The zero-order valence-electron chi connectivity index (χ0n) is 8.71. The van der Waals surface area contributed by atoms with E-state index in [-0.39, 0.29) is 13.0 Å². The van der Waals surface area contributed by atoms with Crippen LogP contribution in [0.5, 0.6) is 0 Å². The minimum Gasteiger partial charge on any atom is -0.396 e. The lowest BCUT2D eigenvalue weighted by molar-refractivity contribution is 0.00519. The van der Waals surface area contributed by atoms with Gasteiger partial charge in [-0.25, -0.2) is 0 Å². The maximum atomic E-state index is 9.95. The third-order valence-electron chi connectivity index (χ3n) is 2.62. The van der Waals surface area contributed by atoms with E-state index in [1.54, 1.807) is 11.3 Å². The molecule has 3 nitrogen and oxygen atoms in total. The number of thiophene rings is 1. The molecule has 0 saturated heterocycles. The molecule has 0 aliphatic heterocycles. The van der Waals surface area contributed by atoms with Crippen molar-refractivity contribution >= 4 is 21.4 Å². The summed E-state index contributed by atoms with van der Waals surface area (Å²) in [6.07, 6.45) is -1.66. The van der Waals surface area contributed by atoms with Crippen LogP contribution in [0.15, 0.2) is 29.6 Å². The molecular formula is C12H14O3S. The minimum absolute atomic E-state index is 0.125. The fraction of sp³-hybridized carbons (Fsp3) is 0.333. The average molecular weight is 238 g/mol. The molecule has 0 saturated carbocycles. The second kappa shape index (κ2) is 4.93. The summed E-state index contributed by atoms with van der Waals surface area (Å²) in [7, 11) is 0. The standard InChI is InChI=1S/C12H14O3S/c13-6-5-10(14)12(15)9-7-16-11-4-2-1-3-8(9)11/h1-4,7,10,12-15H,5-6H2. The number of hydrogen-bond donors (Lipinski definition) is 3. The molecule has 2 rings (SSSR count). The Kier molecular flexibility index (Phi) is 3.56. The van der Waals surface area contributed by atoms with Gasteiger partial charge in [-0.3, -0.25) is 0 Å². The van der Waals surface area contributed by atoms with E-state index in [1.165, 1.54) is 0 Å². The van der Waals surface area contributed by atoms with Gasteiger partial charge in [0.15, 0.2) is 0 Å². The lowest BCUT2D eigenvalue weighted by Gasteiger charge is -2.16. The molecule has 2 aromatic rings. The van der Waals surface area contributed by atoms with Crippen LogP contribution >= 0.6 is 11.3 Å². The largest absolute Gasteiger partial charge is 0.396 e. The molecule has 4 heteroatoms. The van der Waals surface area contributed by atoms with E-state index >= 15 is 0 Å². The van der Waals surface area contributed by atoms with Gasteiger partial charge in [-0.2, -0.15) is 0 Å².